The number of methoxy groups -OCH3 is 1. The van der Waals surface area contributed by atoms with Gasteiger partial charge < -0.3 is 14.0 Å². The normalized spacial score (nSPS) is 14.1. The number of fused-ring (bicyclic) bond motifs is 1. The molecule has 0 N–H and O–H groups in total. The van der Waals surface area contributed by atoms with Crippen LogP contribution >= 0.6 is 11.8 Å². The van der Waals surface area contributed by atoms with E-state index in [0.29, 0.717) is 10.4 Å². The average molecular weight is 351 g/mol. The summed E-state index contributed by atoms with van der Waals surface area (Å²) in [7, 11) is 1.50. The van der Waals surface area contributed by atoms with Crippen LogP contribution in [0.25, 0.3) is 10.9 Å². The van der Waals surface area contributed by atoms with Crippen LogP contribution in [0.4, 0.5) is 4.39 Å². The summed E-state index contributed by atoms with van der Waals surface area (Å²) in [5, 5.41) is 0.207. The van der Waals surface area contributed by atoms with E-state index in [1.165, 1.54) is 24.9 Å². The SMILES string of the molecule is COCCOC(=O)c1cn(C2CC2)c2cc(SC)c(F)cc2c1=O. The largest absolute Gasteiger partial charge is 0.460 e. The molecule has 1 aromatic heterocycles. The number of aromatic nitrogens is 1. The first-order chi connectivity index (χ1) is 11.6. The molecule has 1 aliphatic carbocycles. The molecule has 0 unspecified atom stereocenters. The van der Waals surface area contributed by atoms with E-state index in [9.17, 15) is 14.0 Å². The zero-order chi connectivity index (χ0) is 17.3. The van der Waals surface area contributed by atoms with Crippen LogP contribution in [0.3, 0.4) is 0 Å². The van der Waals surface area contributed by atoms with Gasteiger partial charge in [-0.3, -0.25) is 4.79 Å². The zero-order valence-electron chi connectivity index (χ0n) is 13.5. The van der Waals surface area contributed by atoms with Gasteiger partial charge in [-0.05, 0) is 31.2 Å². The number of carbonyl (C=O) groups excluding carboxylic acids is 1. The van der Waals surface area contributed by atoms with Crippen molar-refractivity contribution >= 4 is 28.6 Å². The molecule has 2 aromatic rings. The van der Waals surface area contributed by atoms with Gasteiger partial charge in [-0.2, -0.15) is 0 Å². The highest BCUT2D eigenvalue weighted by atomic mass is 32.2. The highest BCUT2D eigenvalue weighted by Gasteiger charge is 2.27. The van der Waals surface area contributed by atoms with Crippen molar-refractivity contribution in [2.24, 2.45) is 0 Å². The lowest BCUT2D eigenvalue weighted by atomic mass is 10.1. The maximum absolute atomic E-state index is 14.1. The Kier molecular flexibility index (Phi) is 4.91. The molecule has 0 radical (unpaired) electrons. The van der Waals surface area contributed by atoms with Crippen LogP contribution in [0.15, 0.2) is 28.0 Å². The molecule has 0 bridgehead atoms. The zero-order valence-corrected chi connectivity index (χ0v) is 14.3. The smallest absolute Gasteiger partial charge is 0.343 e. The van der Waals surface area contributed by atoms with Crippen LogP contribution in [0, 0.1) is 5.82 Å². The van der Waals surface area contributed by atoms with Crippen molar-refractivity contribution < 1.29 is 18.7 Å². The predicted molar refractivity (Wildman–Crippen MR) is 90.4 cm³/mol. The number of ether oxygens (including phenoxy) is 2. The minimum atomic E-state index is -0.706. The van der Waals surface area contributed by atoms with E-state index < -0.39 is 17.2 Å². The van der Waals surface area contributed by atoms with Gasteiger partial charge in [0.25, 0.3) is 0 Å². The molecule has 1 heterocycles. The van der Waals surface area contributed by atoms with E-state index in [4.69, 9.17) is 9.47 Å². The van der Waals surface area contributed by atoms with Crippen molar-refractivity contribution in [3.05, 3.63) is 39.9 Å². The number of benzene rings is 1. The van der Waals surface area contributed by atoms with Crippen LogP contribution in [-0.4, -0.2) is 37.1 Å². The molecule has 0 amide bonds. The summed E-state index contributed by atoms with van der Waals surface area (Å²) in [4.78, 5) is 25.3. The topological polar surface area (TPSA) is 57.5 Å². The van der Waals surface area contributed by atoms with Crippen LogP contribution in [0.1, 0.15) is 29.2 Å². The second-order valence-electron chi connectivity index (χ2n) is 5.64. The van der Waals surface area contributed by atoms with Gasteiger partial charge >= 0.3 is 5.97 Å². The molecular formula is C17H18FNO4S. The van der Waals surface area contributed by atoms with E-state index >= 15 is 0 Å². The Bertz CT molecular complexity index is 845. The molecule has 0 spiro atoms. The molecule has 0 aliphatic heterocycles. The summed E-state index contributed by atoms with van der Waals surface area (Å²) in [5.74, 6) is -1.16. The van der Waals surface area contributed by atoms with E-state index in [0.717, 1.165) is 12.8 Å². The average Bonchev–Trinajstić information content (AvgIpc) is 3.40. The van der Waals surface area contributed by atoms with Crippen molar-refractivity contribution in [3.8, 4) is 0 Å². The summed E-state index contributed by atoms with van der Waals surface area (Å²) in [6, 6.07) is 3.13. The number of esters is 1. The first kappa shape index (κ1) is 17.0. The van der Waals surface area contributed by atoms with E-state index in [1.807, 2.05) is 4.57 Å². The number of thioether (sulfide) groups is 1. The van der Waals surface area contributed by atoms with Gasteiger partial charge in [-0.15, -0.1) is 11.8 Å². The Morgan fingerprint density at radius 2 is 2.12 bits per heavy atom. The lowest BCUT2D eigenvalue weighted by Gasteiger charge is -2.14. The van der Waals surface area contributed by atoms with Gasteiger partial charge in [0.05, 0.1) is 12.1 Å². The first-order valence-corrected chi connectivity index (χ1v) is 8.87. The van der Waals surface area contributed by atoms with Gasteiger partial charge in [0.2, 0.25) is 5.43 Å². The minimum absolute atomic E-state index is 0.0655. The fourth-order valence-electron chi connectivity index (χ4n) is 2.60. The number of rotatable bonds is 6. The summed E-state index contributed by atoms with van der Waals surface area (Å²) in [6.07, 6.45) is 5.27. The summed E-state index contributed by atoms with van der Waals surface area (Å²) >= 11 is 1.29. The van der Waals surface area contributed by atoms with Gasteiger partial charge in [0.15, 0.2) is 0 Å². The monoisotopic (exact) mass is 351 g/mol. The first-order valence-electron chi connectivity index (χ1n) is 7.65. The molecular weight excluding hydrogens is 333 g/mol. The quantitative estimate of drug-likeness (QED) is 0.455. The molecule has 24 heavy (non-hydrogen) atoms. The second kappa shape index (κ2) is 6.94. The number of hydrogen-bond acceptors (Lipinski definition) is 5. The number of nitrogens with zero attached hydrogens (tertiary/aromatic N) is 1. The predicted octanol–water partition coefficient (Wildman–Crippen LogP) is 3.00. The molecule has 1 aromatic carbocycles. The third-order valence-electron chi connectivity index (χ3n) is 3.99. The molecule has 0 saturated heterocycles. The lowest BCUT2D eigenvalue weighted by Crippen LogP contribution is -2.22. The standard InChI is InChI=1S/C17H18FNO4S/c1-22-5-6-23-17(21)12-9-19(10-3-4-10)14-8-15(24-2)13(18)7-11(14)16(12)20/h7-10H,3-6H2,1-2H3. The molecule has 5 nitrogen and oxygen atoms in total. The van der Waals surface area contributed by atoms with Crippen molar-refractivity contribution in [3.63, 3.8) is 0 Å². The number of halogens is 1. The molecule has 1 saturated carbocycles. The van der Waals surface area contributed by atoms with E-state index in [2.05, 4.69) is 0 Å². The third kappa shape index (κ3) is 3.18. The van der Waals surface area contributed by atoms with E-state index in [-0.39, 0.29) is 30.2 Å². The molecule has 3 rings (SSSR count). The van der Waals surface area contributed by atoms with Crippen molar-refractivity contribution in [2.75, 3.05) is 26.6 Å². The molecule has 128 valence electrons. The van der Waals surface area contributed by atoms with Gasteiger partial charge in [0, 0.05) is 29.6 Å². The summed E-state index contributed by atoms with van der Waals surface area (Å²) in [6.45, 7) is 0.317. The van der Waals surface area contributed by atoms with Gasteiger partial charge in [0.1, 0.15) is 18.0 Å². The number of carbonyl (C=O) groups is 1. The lowest BCUT2D eigenvalue weighted by molar-refractivity contribution is 0.0386. The van der Waals surface area contributed by atoms with Crippen molar-refractivity contribution in [1.82, 2.24) is 4.57 Å². The Balaban J connectivity index is 2.13. The highest BCUT2D eigenvalue weighted by Crippen LogP contribution is 2.38. The summed E-state index contributed by atoms with van der Waals surface area (Å²) < 4.78 is 25.9. The third-order valence-corrected chi connectivity index (χ3v) is 4.74. The Labute approximate surface area is 142 Å². The molecule has 7 heteroatoms. The Morgan fingerprint density at radius 3 is 2.75 bits per heavy atom. The fraction of sp³-hybridized carbons (Fsp3) is 0.412. The van der Waals surface area contributed by atoms with E-state index in [1.54, 1.807) is 18.5 Å². The molecule has 1 fully saturated rings. The van der Waals surface area contributed by atoms with Gasteiger partial charge in [-0.1, -0.05) is 0 Å². The maximum atomic E-state index is 14.1. The maximum Gasteiger partial charge on any atom is 0.343 e. The van der Waals surface area contributed by atoms with Gasteiger partial charge in [-0.25, -0.2) is 9.18 Å². The van der Waals surface area contributed by atoms with Crippen LogP contribution < -0.4 is 5.43 Å². The van der Waals surface area contributed by atoms with Crippen LogP contribution in [-0.2, 0) is 9.47 Å². The number of pyridine rings is 1. The van der Waals surface area contributed by atoms with Crippen molar-refractivity contribution in [2.45, 2.75) is 23.8 Å². The number of hydrogen-bond donors (Lipinski definition) is 0. The Morgan fingerprint density at radius 1 is 1.38 bits per heavy atom. The summed E-state index contributed by atoms with van der Waals surface area (Å²) in [5.41, 5.74) is 0.0827. The minimum Gasteiger partial charge on any atom is -0.460 e. The van der Waals surface area contributed by atoms with Crippen LogP contribution in [0.2, 0.25) is 0 Å². The highest BCUT2D eigenvalue weighted by molar-refractivity contribution is 7.98. The van der Waals surface area contributed by atoms with Crippen molar-refractivity contribution in [1.29, 1.82) is 0 Å². The second-order valence-corrected chi connectivity index (χ2v) is 6.49. The molecule has 1 aliphatic rings. The fourth-order valence-corrected chi connectivity index (χ4v) is 3.09. The van der Waals surface area contributed by atoms with Crippen LogP contribution in [0.5, 0.6) is 0 Å². The molecule has 0 atom stereocenters. The Hall–Kier alpha value is -1.86.